The number of nitrogens with zero attached hydrogens (tertiary/aromatic N) is 2. The minimum Gasteiger partial charge on any atom is -0.467 e. The molecular weight excluding hydrogens is 216 g/mol. The van der Waals surface area contributed by atoms with E-state index in [-0.39, 0.29) is 0 Å². The van der Waals surface area contributed by atoms with Crippen molar-refractivity contribution >= 4 is 16.9 Å². The van der Waals surface area contributed by atoms with E-state index in [9.17, 15) is 0 Å². The summed E-state index contributed by atoms with van der Waals surface area (Å²) < 4.78 is 5.27. The molecule has 0 atom stereocenters. The maximum atomic E-state index is 5.27. The summed E-state index contributed by atoms with van der Waals surface area (Å²) in [6, 6.07) is 5.75. The number of furan rings is 1. The van der Waals surface area contributed by atoms with Gasteiger partial charge < -0.3 is 14.7 Å². The first-order valence-corrected chi connectivity index (χ1v) is 5.41. The van der Waals surface area contributed by atoms with E-state index in [0.29, 0.717) is 6.54 Å². The monoisotopic (exact) mass is 228 g/mol. The van der Waals surface area contributed by atoms with Gasteiger partial charge in [0.05, 0.1) is 18.2 Å². The minimum absolute atomic E-state index is 0.615. The Balaban J connectivity index is 1.91. The minimum atomic E-state index is 0.615. The molecular formula is C12H12N4O. The summed E-state index contributed by atoms with van der Waals surface area (Å²) in [5.41, 5.74) is 0.847. The highest BCUT2D eigenvalue weighted by atomic mass is 16.3. The molecule has 0 bridgehead atoms. The van der Waals surface area contributed by atoms with Crippen molar-refractivity contribution in [2.75, 3.05) is 5.32 Å². The molecule has 0 fully saturated rings. The first-order valence-electron chi connectivity index (χ1n) is 5.41. The van der Waals surface area contributed by atoms with E-state index in [1.165, 1.54) is 0 Å². The van der Waals surface area contributed by atoms with Crippen LogP contribution in [0.5, 0.6) is 0 Å². The normalized spacial score (nSPS) is 10.9. The zero-order valence-corrected chi connectivity index (χ0v) is 9.40. The van der Waals surface area contributed by atoms with Gasteiger partial charge in [-0.3, -0.25) is 0 Å². The van der Waals surface area contributed by atoms with Gasteiger partial charge in [-0.15, -0.1) is 0 Å². The van der Waals surface area contributed by atoms with Gasteiger partial charge in [0.25, 0.3) is 0 Å². The second-order valence-corrected chi connectivity index (χ2v) is 3.79. The molecule has 2 N–H and O–H groups in total. The highest BCUT2D eigenvalue weighted by Crippen LogP contribution is 2.19. The van der Waals surface area contributed by atoms with Crippen LogP contribution in [0, 0.1) is 6.92 Å². The molecule has 0 saturated carbocycles. The second kappa shape index (κ2) is 3.93. The molecule has 3 heterocycles. The van der Waals surface area contributed by atoms with Crippen LogP contribution in [0.1, 0.15) is 11.6 Å². The first kappa shape index (κ1) is 9.89. The van der Waals surface area contributed by atoms with E-state index in [4.69, 9.17) is 4.42 Å². The molecule has 86 valence electrons. The Labute approximate surface area is 97.9 Å². The number of hydrogen-bond donors (Lipinski definition) is 2. The van der Waals surface area contributed by atoms with Crippen LogP contribution >= 0.6 is 0 Å². The van der Waals surface area contributed by atoms with Crippen LogP contribution in [0.3, 0.4) is 0 Å². The van der Waals surface area contributed by atoms with Crippen molar-refractivity contribution < 1.29 is 4.42 Å². The van der Waals surface area contributed by atoms with Crippen molar-refractivity contribution in [3.05, 3.63) is 42.2 Å². The molecule has 3 aromatic heterocycles. The van der Waals surface area contributed by atoms with Crippen molar-refractivity contribution in [3.63, 3.8) is 0 Å². The summed E-state index contributed by atoms with van der Waals surface area (Å²) in [5, 5.41) is 4.24. The van der Waals surface area contributed by atoms with Gasteiger partial charge in [-0.05, 0) is 25.1 Å². The Kier molecular flexibility index (Phi) is 2.29. The summed E-state index contributed by atoms with van der Waals surface area (Å²) in [4.78, 5) is 11.8. The maximum Gasteiger partial charge on any atom is 0.143 e. The van der Waals surface area contributed by atoms with E-state index in [1.54, 1.807) is 6.26 Å². The molecule has 0 radical (unpaired) electrons. The lowest BCUT2D eigenvalue weighted by atomic mass is 10.3. The highest BCUT2D eigenvalue weighted by molar-refractivity contribution is 5.86. The van der Waals surface area contributed by atoms with Crippen LogP contribution < -0.4 is 5.32 Å². The Bertz CT molecular complexity index is 627. The summed E-state index contributed by atoms with van der Waals surface area (Å²) in [5.74, 6) is 2.44. The van der Waals surface area contributed by atoms with Gasteiger partial charge in [-0.1, -0.05) is 0 Å². The molecule has 5 heteroatoms. The predicted molar refractivity (Wildman–Crippen MR) is 64.7 cm³/mol. The number of anilines is 1. The van der Waals surface area contributed by atoms with Gasteiger partial charge in [-0.2, -0.15) is 0 Å². The van der Waals surface area contributed by atoms with Gasteiger partial charge in [0.15, 0.2) is 0 Å². The fraction of sp³-hybridized carbons (Fsp3) is 0.167. The summed E-state index contributed by atoms with van der Waals surface area (Å²) in [6.45, 7) is 2.49. The van der Waals surface area contributed by atoms with Gasteiger partial charge in [0.1, 0.15) is 23.0 Å². The molecule has 0 unspecified atom stereocenters. The smallest absolute Gasteiger partial charge is 0.143 e. The second-order valence-electron chi connectivity index (χ2n) is 3.79. The van der Waals surface area contributed by atoms with Crippen molar-refractivity contribution in [1.29, 1.82) is 0 Å². The SMILES string of the molecule is Cc1nc(NCc2ccco2)c2cc[nH]c2n1. The summed E-state index contributed by atoms with van der Waals surface area (Å²) in [6.07, 6.45) is 3.52. The number of rotatable bonds is 3. The maximum absolute atomic E-state index is 5.27. The van der Waals surface area contributed by atoms with Crippen molar-refractivity contribution in [3.8, 4) is 0 Å². The van der Waals surface area contributed by atoms with Crippen molar-refractivity contribution in [2.45, 2.75) is 13.5 Å². The third-order valence-corrected chi connectivity index (χ3v) is 2.54. The Hall–Kier alpha value is -2.30. The molecule has 0 amide bonds. The fourth-order valence-corrected chi connectivity index (χ4v) is 1.77. The lowest BCUT2D eigenvalue weighted by Gasteiger charge is -2.05. The largest absolute Gasteiger partial charge is 0.467 e. The van der Waals surface area contributed by atoms with Crippen LogP contribution in [0.25, 0.3) is 11.0 Å². The molecule has 0 aliphatic rings. The average Bonchev–Trinajstić information content (AvgIpc) is 2.95. The van der Waals surface area contributed by atoms with Crippen LogP contribution in [-0.2, 0) is 6.54 Å². The highest BCUT2D eigenvalue weighted by Gasteiger charge is 2.06. The predicted octanol–water partition coefficient (Wildman–Crippen LogP) is 2.47. The van der Waals surface area contributed by atoms with E-state index >= 15 is 0 Å². The van der Waals surface area contributed by atoms with E-state index in [2.05, 4.69) is 20.3 Å². The zero-order chi connectivity index (χ0) is 11.7. The number of aromatic nitrogens is 3. The van der Waals surface area contributed by atoms with Gasteiger partial charge in [-0.25, -0.2) is 9.97 Å². The number of aryl methyl sites for hydroxylation is 1. The molecule has 17 heavy (non-hydrogen) atoms. The summed E-state index contributed by atoms with van der Waals surface area (Å²) in [7, 11) is 0. The molecule has 0 aromatic carbocycles. The van der Waals surface area contributed by atoms with Gasteiger partial charge in [0, 0.05) is 6.20 Å². The molecule has 0 saturated heterocycles. The molecule has 3 aromatic rings. The summed E-state index contributed by atoms with van der Waals surface area (Å²) >= 11 is 0. The van der Waals surface area contributed by atoms with Crippen molar-refractivity contribution in [1.82, 2.24) is 15.0 Å². The lowest BCUT2D eigenvalue weighted by molar-refractivity contribution is 0.518. The molecule has 0 aliphatic carbocycles. The standard InChI is InChI=1S/C12H12N4O/c1-8-15-11-10(4-5-13-11)12(16-8)14-7-9-3-2-6-17-9/h2-6H,7H2,1H3,(H2,13,14,15,16). The first-order chi connectivity index (χ1) is 8.33. The third-order valence-electron chi connectivity index (χ3n) is 2.54. The molecule has 3 rings (SSSR count). The zero-order valence-electron chi connectivity index (χ0n) is 9.40. The van der Waals surface area contributed by atoms with E-state index in [0.717, 1.165) is 28.4 Å². The topological polar surface area (TPSA) is 66.7 Å². The molecule has 0 aliphatic heterocycles. The third kappa shape index (κ3) is 1.87. The van der Waals surface area contributed by atoms with Crippen LogP contribution in [0.15, 0.2) is 35.1 Å². The van der Waals surface area contributed by atoms with Crippen molar-refractivity contribution in [2.24, 2.45) is 0 Å². The van der Waals surface area contributed by atoms with Gasteiger partial charge in [0.2, 0.25) is 0 Å². The molecule has 0 spiro atoms. The van der Waals surface area contributed by atoms with Crippen LogP contribution in [0.4, 0.5) is 5.82 Å². The average molecular weight is 228 g/mol. The van der Waals surface area contributed by atoms with E-state index in [1.807, 2.05) is 31.3 Å². The number of hydrogen-bond acceptors (Lipinski definition) is 4. The Morgan fingerprint density at radius 3 is 3.12 bits per heavy atom. The fourth-order valence-electron chi connectivity index (χ4n) is 1.77. The quantitative estimate of drug-likeness (QED) is 0.722. The number of nitrogens with one attached hydrogen (secondary N) is 2. The van der Waals surface area contributed by atoms with Crippen LogP contribution in [-0.4, -0.2) is 15.0 Å². The molecule has 5 nitrogen and oxygen atoms in total. The number of aromatic amines is 1. The van der Waals surface area contributed by atoms with Crippen LogP contribution in [0.2, 0.25) is 0 Å². The number of H-pyrrole nitrogens is 1. The van der Waals surface area contributed by atoms with Gasteiger partial charge >= 0.3 is 0 Å². The number of fused-ring (bicyclic) bond motifs is 1. The Morgan fingerprint density at radius 1 is 1.35 bits per heavy atom. The lowest BCUT2D eigenvalue weighted by Crippen LogP contribution is -2.02. The Morgan fingerprint density at radius 2 is 2.29 bits per heavy atom. The van der Waals surface area contributed by atoms with E-state index < -0.39 is 0 Å².